The number of nitrogens with one attached hydrogen (secondary N) is 1. The topological polar surface area (TPSA) is 38.3 Å². The van der Waals surface area contributed by atoms with Gasteiger partial charge in [0.2, 0.25) is 0 Å². The van der Waals surface area contributed by atoms with Gasteiger partial charge in [-0.15, -0.1) is 0 Å². The van der Waals surface area contributed by atoms with Crippen LogP contribution in [-0.2, 0) is 4.79 Å². The van der Waals surface area contributed by atoms with Gasteiger partial charge in [0.25, 0.3) is 0 Å². The number of amides is 1. The van der Waals surface area contributed by atoms with Crippen molar-refractivity contribution >= 4 is 5.91 Å². The zero-order valence-corrected chi connectivity index (χ0v) is 10.0. The van der Waals surface area contributed by atoms with Crippen molar-refractivity contribution in [1.82, 2.24) is 5.32 Å². The van der Waals surface area contributed by atoms with Crippen LogP contribution >= 0.6 is 0 Å². The highest BCUT2D eigenvalue weighted by molar-refractivity contribution is 5.82. The summed E-state index contributed by atoms with van der Waals surface area (Å²) in [4.78, 5) is 10.9. The van der Waals surface area contributed by atoms with E-state index in [4.69, 9.17) is 4.74 Å². The number of benzene rings is 1. The predicted octanol–water partition coefficient (Wildman–Crippen LogP) is 2.82. The average molecular weight is 261 g/mol. The van der Waals surface area contributed by atoms with E-state index in [2.05, 4.69) is 0 Å². The highest BCUT2D eigenvalue weighted by Crippen LogP contribution is 2.28. The molecule has 3 nitrogen and oxygen atoms in total. The maximum Gasteiger partial charge on any atom is 0.471 e. The Bertz CT molecular complexity index is 418. The first-order valence-electron chi connectivity index (χ1n) is 5.40. The number of carbonyl (C=O) groups excluding carboxylic acids is 1. The number of hydrogen-bond acceptors (Lipinski definition) is 2. The molecule has 1 N–H and O–H groups in total. The van der Waals surface area contributed by atoms with Gasteiger partial charge in [0, 0.05) is 5.56 Å². The molecule has 0 spiro atoms. The van der Waals surface area contributed by atoms with E-state index in [1.165, 1.54) is 7.11 Å². The predicted molar refractivity (Wildman–Crippen MR) is 60.2 cm³/mol. The summed E-state index contributed by atoms with van der Waals surface area (Å²) in [6, 6.07) is 5.93. The SMILES string of the molecule is CCC(NC(=O)C(F)(F)F)c1ccccc1OC. The zero-order valence-electron chi connectivity index (χ0n) is 10.0. The van der Waals surface area contributed by atoms with Crippen molar-refractivity contribution < 1.29 is 22.7 Å². The molecule has 1 unspecified atom stereocenters. The maximum absolute atomic E-state index is 12.2. The molecule has 0 aliphatic heterocycles. The first-order chi connectivity index (χ1) is 8.40. The fourth-order valence-electron chi connectivity index (χ4n) is 1.59. The van der Waals surface area contributed by atoms with Gasteiger partial charge in [-0.05, 0) is 12.5 Å². The molecule has 1 amide bonds. The van der Waals surface area contributed by atoms with Crippen molar-refractivity contribution in [3.05, 3.63) is 29.8 Å². The van der Waals surface area contributed by atoms with Gasteiger partial charge in [-0.25, -0.2) is 0 Å². The minimum atomic E-state index is -4.88. The molecule has 0 heterocycles. The quantitative estimate of drug-likeness (QED) is 0.905. The highest BCUT2D eigenvalue weighted by atomic mass is 19.4. The first-order valence-corrected chi connectivity index (χ1v) is 5.40. The summed E-state index contributed by atoms with van der Waals surface area (Å²) in [6.07, 6.45) is -4.54. The van der Waals surface area contributed by atoms with Crippen molar-refractivity contribution in [1.29, 1.82) is 0 Å². The Morgan fingerprint density at radius 1 is 1.39 bits per heavy atom. The van der Waals surface area contributed by atoms with E-state index >= 15 is 0 Å². The number of rotatable bonds is 4. The number of carbonyl (C=O) groups is 1. The lowest BCUT2D eigenvalue weighted by Gasteiger charge is -2.20. The molecule has 1 rings (SSSR count). The number of halogens is 3. The van der Waals surface area contributed by atoms with E-state index in [1.807, 2.05) is 5.32 Å². The van der Waals surface area contributed by atoms with Gasteiger partial charge in [-0.1, -0.05) is 25.1 Å². The summed E-state index contributed by atoms with van der Waals surface area (Å²) >= 11 is 0. The van der Waals surface area contributed by atoms with Crippen LogP contribution in [0.15, 0.2) is 24.3 Å². The number of alkyl halides is 3. The Hall–Kier alpha value is -1.72. The highest BCUT2D eigenvalue weighted by Gasteiger charge is 2.39. The van der Waals surface area contributed by atoms with Gasteiger partial charge in [0.05, 0.1) is 13.2 Å². The summed E-state index contributed by atoms with van der Waals surface area (Å²) in [5.41, 5.74) is 0.528. The van der Waals surface area contributed by atoms with Gasteiger partial charge in [-0.2, -0.15) is 13.2 Å². The molecule has 0 radical (unpaired) electrons. The van der Waals surface area contributed by atoms with E-state index in [0.717, 1.165) is 0 Å². The van der Waals surface area contributed by atoms with Crippen molar-refractivity contribution in [2.75, 3.05) is 7.11 Å². The molecule has 1 aromatic carbocycles. The number of hydrogen-bond donors (Lipinski definition) is 1. The van der Waals surface area contributed by atoms with Crippen LogP contribution in [0.3, 0.4) is 0 Å². The monoisotopic (exact) mass is 261 g/mol. The molecule has 18 heavy (non-hydrogen) atoms. The van der Waals surface area contributed by atoms with Crippen LogP contribution in [-0.4, -0.2) is 19.2 Å². The Morgan fingerprint density at radius 2 is 2.00 bits per heavy atom. The molecular formula is C12H14F3NO2. The van der Waals surface area contributed by atoms with Crippen molar-refractivity contribution in [2.45, 2.75) is 25.6 Å². The number of para-hydroxylation sites is 1. The molecule has 100 valence electrons. The molecule has 0 aromatic heterocycles. The summed E-state index contributed by atoms with van der Waals surface area (Å²) in [5.74, 6) is -1.49. The standard InChI is InChI=1S/C12H14F3NO2/c1-3-9(16-11(17)12(13,14)15)8-6-4-5-7-10(8)18-2/h4-7,9H,3H2,1-2H3,(H,16,17). The molecule has 6 heteroatoms. The van der Waals surface area contributed by atoms with Crippen LogP contribution in [0, 0.1) is 0 Å². The fraction of sp³-hybridized carbons (Fsp3) is 0.417. The molecule has 1 aromatic rings. The Morgan fingerprint density at radius 3 is 2.50 bits per heavy atom. The number of ether oxygens (including phenoxy) is 1. The summed E-state index contributed by atoms with van der Waals surface area (Å²) < 4.78 is 41.7. The van der Waals surface area contributed by atoms with Crippen molar-refractivity contribution in [2.24, 2.45) is 0 Å². The molecule has 0 aliphatic rings. The van der Waals surface area contributed by atoms with Gasteiger partial charge in [0.1, 0.15) is 5.75 Å². The lowest BCUT2D eigenvalue weighted by Crippen LogP contribution is -2.39. The van der Waals surface area contributed by atoms with E-state index in [9.17, 15) is 18.0 Å². The van der Waals surface area contributed by atoms with Gasteiger partial charge in [-0.3, -0.25) is 4.79 Å². The Balaban J connectivity index is 2.93. The van der Waals surface area contributed by atoms with Gasteiger partial charge < -0.3 is 10.1 Å². The number of methoxy groups -OCH3 is 1. The second-order valence-corrected chi connectivity index (χ2v) is 3.67. The van der Waals surface area contributed by atoms with Crippen LogP contribution in [0.4, 0.5) is 13.2 Å². The maximum atomic E-state index is 12.2. The van der Waals surface area contributed by atoms with E-state index < -0.39 is 18.1 Å². The second-order valence-electron chi connectivity index (χ2n) is 3.67. The molecule has 1 atom stereocenters. The third kappa shape index (κ3) is 3.38. The lowest BCUT2D eigenvalue weighted by atomic mass is 10.0. The normalized spacial score (nSPS) is 12.9. The molecule has 0 saturated carbocycles. The summed E-state index contributed by atoms with van der Waals surface area (Å²) in [5, 5.41) is 1.95. The minimum absolute atomic E-state index is 0.336. The molecule has 0 aliphatic carbocycles. The minimum Gasteiger partial charge on any atom is -0.496 e. The molecule has 0 fully saturated rings. The van der Waals surface area contributed by atoms with Gasteiger partial charge >= 0.3 is 12.1 Å². The average Bonchev–Trinajstić information content (AvgIpc) is 2.34. The molecule has 0 saturated heterocycles. The van der Waals surface area contributed by atoms with E-state index in [-0.39, 0.29) is 0 Å². The van der Waals surface area contributed by atoms with Crippen LogP contribution in [0.2, 0.25) is 0 Å². The van der Waals surface area contributed by atoms with Crippen LogP contribution in [0.25, 0.3) is 0 Å². The summed E-state index contributed by atoms with van der Waals surface area (Å²) in [6.45, 7) is 1.69. The van der Waals surface area contributed by atoms with Crippen molar-refractivity contribution in [3.63, 3.8) is 0 Å². The van der Waals surface area contributed by atoms with Crippen molar-refractivity contribution in [3.8, 4) is 5.75 Å². The van der Waals surface area contributed by atoms with Gasteiger partial charge in [0.15, 0.2) is 0 Å². The zero-order chi connectivity index (χ0) is 13.8. The lowest BCUT2D eigenvalue weighted by molar-refractivity contribution is -0.174. The van der Waals surface area contributed by atoms with E-state index in [0.29, 0.717) is 17.7 Å². The molecular weight excluding hydrogens is 247 g/mol. The summed E-state index contributed by atoms with van der Waals surface area (Å²) in [7, 11) is 1.43. The molecule has 0 bridgehead atoms. The van der Waals surface area contributed by atoms with Crippen LogP contribution < -0.4 is 10.1 Å². The largest absolute Gasteiger partial charge is 0.496 e. The van der Waals surface area contributed by atoms with Crippen LogP contribution in [0.5, 0.6) is 5.75 Å². The fourth-order valence-corrected chi connectivity index (χ4v) is 1.59. The third-order valence-electron chi connectivity index (χ3n) is 2.49. The first kappa shape index (κ1) is 14.3. The Labute approximate surface area is 103 Å². The van der Waals surface area contributed by atoms with Crippen LogP contribution in [0.1, 0.15) is 24.9 Å². The van der Waals surface area contributed by atoms with E-state index in [1.54, 1.807) is 31.2 Å². The third-order valence-corrected chi connectivity index (χ3v) is 2.49. The smallest absolute Gasteiger partial charge is 0.471 e. The second kappa shape index (κ2) is 5.75. The Kier molecular flexibility index (Phi) is 4.58.